The molecule has 1 aliphatic rings. The maximum Gasteiger partial charge on any atom is 0.258 e. The summed E-state index contributed by atoms with van der Waals surface area (Å²) >= 11 is 0. The second-order valence-electron chi connectivity index (χ2n) is 4.56. The van der Waals surface area contributed by atoms with E-state index in [1.165, 1.54) is 12.1 Å². The maximum atomic E-state index is 13.5. The van der Waals surface area contributed by atoms with E-state index in [1.807, 2.05) is 0 Å². The molecule has 5 nitrogen and oxygen atoms in total. The fourth-order valence-electron chi connectivity index (χ4n) is 2.13. The third kappa shape index (κ3) is 3.23. The first-order valence-electron chi connectivity index (χ1n) is 5.88. The van der Waals surface area contributed by atoms with Crippen molar-refractivity contribution in [3.05, 3.63) is 29.6 Å². The molecular formula is C12H14FNO4S. The van der Waals surface area contributed by atoms with E-state index < -0.39 is 38.9 Å². The lowest BCUT2D eigenvalue weighted by Crippen LogP contribution is -2.43. The molecule has 0 aromatic heterocycles. The number of carbonyl (C=O) groups excluding carboxylic acids is 1. The molecule has 1 aliphatic heterocycles. The zero-order chi connectivity index (χ0) is 14.0. The van der Waals surface area contributed by atoms with Gasteiger partial charge in [0.15, 0.2) is 9.84 Å². The Kier molecular flexibility index (Phi) is 3.75. The molecule has 2 N–H and O–H groups in total. The maximum absolute atomic E-state index is 13.5. The largest absolute Gasteiger partial charge is 0.507 e. The smallest absolute Gasteiger partial charge is 0.258 e. The molecule has 1 amide bonds. The summed E-state index contributed by atoms with van der Waals surface area (Å²) in [4.78, 5) is 11.9. The van der Waals surface area contributed by atoms with Crippen LogP contribution in [0.1, 0.15) is 23.2 Å². The van der Waals surface area contributed by atoms with Gasteiger partial charge in [-0.25, -0.2) is 12.8 Å². The quantitative estimate of drug-likeness (QED) is 0.844. The summed E-state index contributed by atoms with van der Waals surface area (Å²) in [6.45, 7) is 0. The van der Waals surface area contributed by atoms with Gasteiger partial charge >= 0.3 is 0 Å². The van der Waals surface area contributed by atoms with Crippen LogP contribution in [0.2, 0.25) is 0 Å². The van der Waals surface area contributed by atoms with Gasteiger partial charge in [0.1, 0.15) is 17.1 Å². The standard InChI is InChI=1S/C12H14FNO4S/c13-9-4-1-5-10(15)11(9)12(16)14-8-3-2-6-19(17,18)7-8/h1,4-5,8,15H,2-3,6-7H2,(H,14,16). The molecule has 0 spiro atoms. The van der Waals surface area contributed by atoms with Crippen LogP contribution < -0.4 is 5.32 Å². The van der Waals surface area contributed by atoms with Gasteiger partial charge in [-0.1, -0.05) is 6.07 Å². The lowest BCUT2D eigenvalue weighted by molar-refractivity contribution is 0.0931. The van der Waals surface area contributed by atoms with Gasteiger partial charge in [0.05, 0.1) is 11.5 Å². The van der Waals surface area contributed by atoms with Crippen molar-refractivity contribution in [2.75, 3.05) is 11.5 Å². The van der Waals surface area contributed by atoms with Crippen LogP contribution in [-0.2, 0) is 9.84 Å². The van der Waals surface area contributed by atoms with Crippen molar-refractivity contribution in [3.8, 4) is 5.75 Å². The molecule has 0 radical (unpaired) electrons. The zero-order valence-corrected chi connectivity index (χ0v) is 10.9. The Bertz CT molecular complexity index is 579. The second-order valence-corrected chi connectivity index (χ2v) is 6.79. The van der Waals surface area contributed by atoms with Crippen molar-refractivity contribution in [2.24, 2.45) is 0 Å². The number of nitrogens with one attached hydrogen (secondary N) is 1. The second kappa shape index (κ2) is 5.16. The van der Waals surface area contributed by atoms with Crippen LogP contribution in [0.3, 0.4) is 0 Å². The Hall–Kier alpha value is -1.63. The number of hydrogen-bond acceptors (Lipinski definition) is 4. The van der Waals surface area contributed by atoms with E-state index in [2.05, 4.69) is 5.32 Å². The average Bonchev–Trinajstić information content (AvgIpc) is 2.27. The summed E-state index contributed by atoms with van der Waals surface area (Å²) in [5.74, 6) is -2.12. The summed E-state index contributed by atoms with van der Waals surface area (Å²) in [6.07, 6.45) is 0.997. The molecule has 7 heteroatoms. The van der Waals surface area contributed by atoms with Crippen molar-refractivity contribution < 1.29 is 22.7 Å². The molecule has 2 rings (SSSR count). The highest BCUT2D eigenvalue weighted by Gasteiger charge is 2.27. The SMILES string of the molecule is O=C(NC1CCCS(=O)(=O)C1)c1c(O)cccc1F. The molecule has 1 unspecified atom stereocenters. The number of phenols is 1. The van der Waals surface area contributed by atoms with Crippen LogP contribution in [-0.4, -0.2) is 37.0 Å². The lowest BCUT2D eigenvalue weighted by Gasteiger charge is -2.23. The molecule has 19 heavy (non-hydrogen) atoms. The van der Waals surface area contributed by atoms with E-state index in [0.29, 0.717) is 12.8 Å². The van der Waals surface area contributed by atoms with E-state index >= 15 is 0 Å². The molecule has 1 heterocycles. The topological polar surface area (TPSA) is 83.5 Å². The van der Waals surface area contributed by atoms with Crippen molar-refractivity contribution in [3.63, 3.8) is 0 Å². The first-order chi connectivity index (χ1) is 8.89. The summed E-state index contributed by atoms with van der Waals surface area (Å²) in [5.41, 5.74) is -0.453. The van der Waals surface area contributed by atoms with E-state index in [9.17, 15) is 22.7 Å². The van der Waals surface area contributed by atoms with Gasteiger partial charge in [0, 0.05) is 6.04 Å². The molecule has 1 saturated heterocycles. The van der Waals surface area contributed by atoms with E-state index in [1.54, 1.807) is 0 Å². The monoisotopic (exact) mass is 287 g/mol. The third-order valence-corrected chi connectivity index (χ3v) is 4.84. The fourth-order valence-corrected chi connectivity index (χ4v) is 3.77. The number of amides is 1. The predicted octanol–water partition coefficient (Wildman–Crippen LogP) is 0.838. The Morgan fingerprint density at radius 2 is 2.16 bits per heavy atom. The van der Waals surface area contributed by atoms with Crippen LogP contribution in [0.15, 0.2) is 18.2 Å². The highest BCUT2D eigenvalue weighted by atomic mass is 32.2. The number of halogens is 1. The van der Waals surface area contributed by atoms with Crippen LogP contribution in [0, 0.1) is 5.82 Å². The molecule has 0 aliphatic carbocycles. The summed E-state index contributed by atoms with van der Waals surface area (Å²) in [5, 5.41) is 11.9. The van der Waals surface area contributed by atoms with Crippen LogP contribution >= 0.6 is 0 Å². The molecule has 1 atom stereocenters. The Morgan fingerprint density at radius 3 is 2.79 bits per heavy atom. The van der Waals surface area contributed by atoms with E-state index in [-0.39, 0.29) is 11.5 Å². The summed E-state index contributed by atoms with van der Waals surface area (Å²) in [6, 6.07) is 3.01. The number of rotatable bonds is 2. The van der Waals surface area contributed by atoms with Crippen molar-refractivity contribution >= 4 is 15.7 Å². The number of phenolic OH excluding ortho intramolecular Hbond substituents is 1. The van der Waals surface area contributed by atoms with Gasteiger partial charge < -0.3 is 10.4 Å². The Labute approximate surface area is 110 Å². The average molecular weight is 287 g/mol. The van der Waals surface area contributed by atoms with Crippen molar-refractivity contribution in [1.29, 1.82) is 0 Å². The first kappa shape index (κ1) is 13.8. The number of sulfone groups is 1. The van der Waals surface area contributed by atoms with Gasteiger partial charge in [-0.05, 0) is 25.0 Å². The van der Waals surface area contributed by atoms with Crippen LogP contribution in [0.5, 0.6) is 5.75 Å². The lowest BCUT2D eigenvalue weighted by atomic mass is 10.1. The minimum absolute atomic E-state index is 0.115. The minimum atomic E-state index is -3.15. The zero-order valence-electron chi connectivity index (χ0n) is 10.1. The normalized spacial score (nSPS) is 21.8. The number of benzene rings is 1. The minimum Gasteiger partial charge on any atom is -0.507 e. The van der Waals surface area contributed by atoms with Crippen molar-refractivity contribution in [2.45, 2.75) is 18.9 Å². The van der Waals surface area contributed by atoms with Gasteiger partial charge in [0.2, 0.25) is 0 Å². The van der Waals surface area contributed by atoms with E-state index in [0.717, 1.165) is 6.07 Å². The molecule has 1 fully saturated rings. The third-order valence-electron chi connectivity index (χ3n) is 3.02. The first-order valence-corrected chi connectivity index (χ1v) is 7.70. The Balaban J connectivity index is 2.13. The van der Waals surface area contributed by atoms with Gasteiger partial charge in [-0.2, -0.15) is 0 Å². The van der Waals surface area contributed by atoms with Gasteiger partial charge in [0.25, 0.3) is 5.91 Å². The molecule has 104 valence electrons. The highest BCUT2D eigenvalue weighted by molar-refractivity contribution is 7.91. The summed E-state index contributed by atoms with van der Waals surface area (Å²) < 4.78 is 36.3. The van der Waals surface area contributed by atoms with Crippen LogP contribution in [0.25, 0.3) is 0 Å². The fraction of sp³-hybridized carbons (Fsp3) is 0.417. The summed E-state index contributed by atoms with van der Waals surface area (Å²) in [7, 11) is -3.15. The molecular weight excluding hydrogens is 273 g/mol. The molecule has 0 saturated carbocycles. The van der Waals surface area contributed by atoms with Gasteiger partial charge in [-0.3, -0.25) is 4.79 Å². The molecule has 1 aromatic rings. The highest BCUT2D eigenvalue weighted by Crippen LogP contribution is 2.20. The number of aromatic hydroxyl groups is 1. The van der Waals surface area contributed by atoms with Crippen LogP contribution in [0.4, 0.5) is 4.39 Å². The molecule has 0 bridgehead atoms. The number of hydrogen-bond donors (Lipinski definition) is 2. The van der Waals surface area contributed by atoms with Gasteiger partial charge in [-0.15, -0.1) is 0 Å². The number of carbonyl (C=O) groups is 1. The van der Waals surface area contributed by atoms with Crippen molar-refractivity contribution in [1.82, 2.24) is 5.32 Å². The van der Waals surface area contributed by atoms with E-state index in [4.69, 9.17) is 0 Å². The Morgan fingerprint density at radius 1 is 1.42 bits per heavy atom. The predicted molar refractivity (Wildman–Crippen MR) is 67.2 cm³/mol. The molecule has 1 aromatic carbocycles.